The van der Waals surface area contributed by atoms with Crippen LogP contribution < -0.4 is 21.9 Å². The molecule has 8 heteroatoms. The molecule has 0 bridgehead atoms. The first kappa shape index (κ1) is 24.5. The minimum absolute atomic E-state index is 0.217. The summed E-state index contributed by atoms with van der Waals surface area (Å²) in [6, 6.07) is 18.4. The summed E-state index contributed by atoms with van der Waals surface area (Å²) in [7, 11) is 1.52. The molecule has 35 heavy (non-hydrogen) atoms. The fourth-order valence-corrected chi connectivity index (χ4v) is 4.12. The number of aromatic nitrogens is 4. The van der Waals surface area contributed by atoms with Gasteiger partial charge in [0.2, 0.25) is 0 Å². The van der Waals surface area contributed by atoms with Gasteiger partial charge in [0.1, 0.15) is 11.2 Å². The Labute approximate surface area is 205 Å². The first-order chi connectivity index (χ1) is 16.7. The Balaban J connectivity index is 1.87. The van der Waals surface area contributed by atoms with E-state index in [0.717, 1.165) is 17.8 Å². The highest BCUT2D eigenvalue weighted by Crippen LogP contribution is 2.25. The van der Waals surface area contributed by atoms with Crippen molar-refractivity contribution in [1.82, 2.24) is 24.2 Å². The average Bonchev–Trinajstić information content (AvgIpc) is 3.17. The van der Waals surface area contributed by atoms with Gasteiger partial charge in [0.05, 0.1) is 6.54 Å². The minimum atomic E-state index is -0.357. The Hall–Kier alpha value is -3.65. The molecule has 0 unspecified atom stereocenters. The number of nitrogens with zero attached hydrogens (tertiary/aromatic N) is 4. The maximum Gasteiger partial charge on any atom is 0.332 e. The zero-order valence-corrected chi connectivity index (χ0v) is 21.1. The van der Waals surface area contributed by atoms with Crippen molar-refractivity contribution in [3.05, 3.63) is 86.6 Å². The molecule has 184 valence electrons. The zero-order valence-electron chi connectivity index (χ0n) is 21.1. The van der Waals surface area contributed by atoms with E-state index < -0.39 is 0 Å². The molecular formula is C27H34N6O2. The molecule has 0 saturated heterocycles. The minimum Gasteiger partial charge on any atom is -0.340 e. The van der Waals surface area contributed by atoms with Crippen LogP contribution in [-0.4, -0.2) is 25.0 Å². The van der Waals surface area contributed by atoms with Gasteiger partial charge in [-0.15, -0.1) is 0 Å². The molecule has 2 N–H and O–H groups in total. The van der Waals surface area contributed by atoms with Crippen molar-refractivity contribution in [3.63, 3.8) is 0 Å². The van der Waals surface area contributed by atoms with E-state index in [4.69, 9.17) is 5.10 Å². The molecule has 0 amide bonds. The van der Waals surface area contributed by atoms with E-state index in [0.29, 0.717) is 36.0 Å². The molecule has 0 atom stereocenters. The van der Waals surface area contributed by atoms with Crippen molar-refractivity contribution in [3.8, 4) is 0 Å². The van der Waals surface area contributed by atoms with E-state index >= 15 is 0 Å². The van der Waals surface area contributed by atoms with E-state index in [1.165, 1.54) is 17.2 Å². The van der Waals surface area contributed by atoms with Crippen LogP contribution in [0.4, 0.5) is 11.5 Å². The van der Waals surface area contributed by atoms with Crippen LogP contribution in [0.2, 0.25) is 0 Å². The zero-order chi connectivity index (χ0) is 25.1. The summed E-state index contributed by atoms with van der Waals surface area (Å²) in [6.45, 7) is 10.0. The van der Waals surface area contributed by atoms with Gasteiger partial charge >= 0.3 is 5.69 Å². The Morgan fingerprint density at radius 1 is 0.943 bits per heavy atom. The van der Waals surface area contributed by atoms with Crippen molar-refractivity contribution < 1.29 is 0 Å². The molecule has 2 aromatic heterocycles. The van der Waals surface area contributed by atoms with Gasteiger partial charge in [-0.3, -0.25) is 13.9 Å². The SMILES string of the molecule is CC(C)Cn1c(=O)n(C)c(=O)c2c(Nc3ccccc3)n(Cc3cccc(CNC(C)C)c3)nc21. The smallest absolute Gasteiger partial charge is 0.332 e. The second kappa shape index (κ2) is 10.3. The Morgan fingerprint density at radius 2 is 1.66 bits per heavy atom. The van der Waals surface area contributed by atoms with Crippen molar-refractivity contribution in [2.75, 3.05) is 5.32 Å². The summed E-state index contributed by atoms with van der Waals surface area (Å²) in [5.74, 6) is 0.796. The molecule has 0 saturated carbocycles. The normalized spacial score (nSPS) is 11.6. The lowest BCUT2D eigenvalue weighted by molar-refractivity contribution is 0.498. The lowest BCUT2D eigenvalue weighted by Gasteiger charge is -2.12. The number of para-hydroxylation sites is 1. The van der Waals surface area contributed by atoms with Gasteiger partial charge < -0.3 is 10.6 Å². The third-order valence-corrected chi connectivity index (χ3v) is 5.85. The summed E-state index contributed by atoms with van der Waals surface area (Å²) in [6.07, 6.45) is 0. The molecule has 4 rings (SSSR count). The molecule has 0 spiro atoms. The van der Waals surface area contributed by atoms with Gasteiger partial charge in [-0.05, 0) is 29.2 Å². The molecular weight excluding hydrogens is 440 g/mol. The van der Waals surface area contributed by atoms with Crippen LogP contribution in [0.5, 0.6) is 0 Å². The highest BCUT2D eigenvalue weighted by Gasteiger charge is 2.22. The standard InChI is InChI=1S/C27H34N6O2/c1-18(2)16-32-25-23(26(34)31(5)27(32)35)24(29-22-12-7-6-8-13-22)33(30-25)17-21-11-9-10-20(14-21)15-28-19(3)4/h6-14,18-19,28-29H,15-17H2,1-5H3. The van der Waals surface area contributed by atoms with Crippen LogP contribution >= 0.6 is 0 Å². The number of hydrogen-bond donors (Lipinski definition) is 2. The Bertz CT molecular complexity index is 1430. The Kier molecular flexibility index (Phi) is 7.21. The second-order valence-corrected chi connectivity index (χ2v) is 9.70. The third kappa shape index (κ3) is 5.38. The van der Waals surface area contributed by atoms with Gasteiger partial charge in [-0.25, -0.2) is 9.48 Å². The van der Waals surface area contributed by atoms with Gasteiger partial charge in [-0.2, -0.15) is 5.10 Å². The fraction of sp³-hybridized carbons (Fsp3) is 0.370. The molecule has 0 aliphatic heterocycles. The van der Waals surface area contributed by atoms with Crippen molar-refractivity contribution in [2.45, 2.75) is 53.4 Å². The number of anilines is 2. The lowest BCUT2D eigenvalue weighted by atomic mass is 10.1. The van der Waals surface area contributed by atoms with Crippen LogP contribution in [-0.2, 0) is 26.7 Å². The number of benzene rings is 2. The first-order valence-corrected chi connectivity index (χ1v) is 12.1. The van der Waals surface area contributed by atoms with Crippen molar-refractivity contribution in [2.24, 2.45) is 13.0 Å². The van der Waals surface area contributed by atoms with Crippen molar-refractivity contribution >= 4 is 22.5 Å². The maximum absolute atomic E-state index is 13.3. The molecule has 4 aromatic rings. The van der Waals surface area contributed by atoms with Gasteiger partial charge in [0.15, 0.2) is 5.65 Å². The fourth-order valence-electron chi connectivity index (χ4n) is 4.12. The molecule has 0 radical (unpaired) electrons. The highest BCUT2D eigenvalue weighted by molar-refractivity contribution is 5.89. The van der Waals surface area contributed by atoms with Crippen LogP contribution in [0.3, 0.4) is 0 Å². The van der Waals surface area contributed by atoms with Gasteiger partial charge in [0, 0.05) is 31.9 Å². The van der Waals surface area contributed by atoms with E-state index in [-0.39, 0.29) is 17.2 Å². The molecule has 0 aliphatic carbocycles. The summed E-state index contributed by atoms with van der Waals surface area (Å²) in [5, 5.41) is 12.1. The number of nitrogens with one attached hydrogen (secondary N) is 2. The number of fused-ring (bicyclic) bond motifs is 1. The summed E-state index contributed by atoms with van der Waals surface area (Å²) < 4.78 is 4.58. The lowest BCUT2D eigenvalue weighted by Crippen LogP contribution is -2.38. The van der Waals surface area contributed by atoms with Gasteiger partial charge in [-0.1, -0.05) is 70.2 Å². The van der Waals surface area contributed by atoms with E-state index in [1.54, 1.807) is 9.25 Å². The summed E-state index contributed by atoms with van der Waals surface area (Å²) >= 11 is 0. The Morgan fingerprint density at radius 3 is 2.34 bits per heavy atom. The largest absolute Gasteiger partial charge is 0.340 e. The van der Waals surface area contributed by atoms with Gasteiger partial charge in [0.25, 0.3) is 5.56 Å². The highest BCUT2D eigenvalue weighted by atomic mass is 16.2. The van der Waals surface area contributed by atoms with E-state index in [2.05, 4.69) is 42.7 Å². The van der Waals surface area contributed by atoms with E-state index in [1.807, 2.05) is 50.2 Å². The topological polar surface area (TPSA) is 85.9 Å². The maximum atomic E-state index is 13.3. The number of hydrogen-bond acceptors (Lipinski definition) is 5. The second-order valence-electron chi connectivity index (χ2n) is 9.70. The molecule has 0 aliphatic rings. The summed E-state index contributed by atoms with van der Waals surface area (Å²) in [4.78, 5) is 26.3. The molecule has 2 heterocycles. The van der Waals surface area contributed by atoms with Crippen LogP contribution in [0.15, 0.2) is 64.2 Å². The average molecular weight is 475 g/mol. The molecule has 8 nitrogen and oxygen atoms in total. The predicted molar refractivity (Wildman–Crippen MR) is 141 cm³/mol. The van der Waals surface area contributed by atoms with Crippen LogP contribution in [0.1, 0.15) is 38.8 Å². The quantitative estimate of drug-likeness (QED) is 0.385. The summed E-state index contributed by atoms with van der Waals surface area (Å²) in [5.41, 5.74) is 2.78. The molecule has 0 fully saturated rings. The molecule has 2 aromatic carbocycles. The number of rotatable bonds is 9. The monoisotopic (exact) mass is 474 g/mol. The first-order valence-electron chi connectivity index (χ1n) is 12.1. The van der Waals surface area contributed by atoms with E-state index in [9.17, 15) is 9.59 Å². The third-order valence-electron chi connectivity index (χ3n) is 5.85. The predicted octanol–water partition coefficient (Wildman–Crippen LogP) is 3.84. The van der Waals surface area contributed by atoms with Crippen LogP contribution in [0.25, 0.3) is 11.0 Å². The van der Waals surface area contributed by atoms with Crippen molar-refractivity contribution in [1.29, 1.82) is 0 Å². The van der Waals surface area contributed by atoms with Crippen LogP contribution in [0, 0.1) is 5.92 Å².